The van der Waals surface area contributed by atoms with Crippen molar-refractivity contribution < 1.29 is 13.9 Å². The Kier molecular flexibility index (Phi) is 6.26. The Labute approximate surface area is 180 Å². The highest BCUT2D eigenvalue weighted by atomic mass is 35.5. The fourth-order valence-electron chi connectivity index (χ4n) is 3.93. The fourth-order valence-corrected chi connectivity index (χ4v) is 4.10. The summed E-state index contributed by atoms with van der Waals surface area (Å²) >= 11 is 6.27. The van der Waals surface area contributed by atoms with Crippen LogP contribution in [0.3, 0.4) is 0 Å². The standard InChI is InChI=1S/C21H27ClFN5O2/c1-2-30-19(29)21(7-8-21)15-12-25-20(26-14-5-9-24-10-6-14)28-18(15)27-17-11-13(23)3-4-16(17)22/h3-4,11-12,14,20,24,26-28H,2,5-10H2,1H3. The molecule has 1 aromatic rings. The molecule has 1 saturated heterocycles. The van der Waals surface area contributed by atoms with Gasteiger partial charge in [-0.25, -0.2) is 4.39 Å². The molecule has 162 valence electrons. The van der Waals surface area contributed by atoms with E-state index in [9.17, 15) is 9.18 Å². The summed E-state index contributed by atoms with van der Waals surface area (Å²) in [4.78, 5) is 17.3. The number of nitrogens with zero attached hydrogens (tertiary/aromatic N) is 1. The summed E-state index contributed by atoms with van der Waals surface area (Å²) in [5.41, 5.74) is 0.408. The molecule has 0 amide bonds. The number of carbonyl (C=O) groups is 1. The number of anilines is 1. The lowest BCUT2D eigenvalue weighted by Gasteiger charge is -2.32. The smallest absolute Gasteiger partial charge is 0.316 e. The first-order valence-electron chi connectivity index (χ1n) is 10.4. The zero-order chi connectivity index (χ0) is 21.1. The summed E-state index contributed by atoms with van der Waals surface area (Å²) in [7, 11) is 0. The van der Waals surface area contributed by atoms with Crippen molar-refractivity contribution in [3.8, 4) is 0 Å². The number of halogens is 2. The van der Waals surface area contributed by atoms with Gasteiger partial charge in [0.1, 0.15) is 11.6 Å². The van der Waals surface area contributed by atoms with Crippen LogP contribution >= 0.6 is 11.6 Å². The van der Waals surface area contributed by atoms with Gasteiger partial charge in [0.2, 0.25) is 0 Å². The normalized spacial score (nSPS) is 23.1. The molecule has 7 nitrogen and oxygen atoms in total. The van der Waals surface area contributed by atoms with Crippen LogP contribution in [0.25, 0.3) is 0 Å². The molecule has 0 aromatic heterocycles. The molecular weight excluding hydrogens is 409 g/mol. The maximum absolute atomic E-state index is 13.8. The largest absolute Gasteiger partial charge is 0.465 e. The molecule has 9 heteroatoms. The van der Waals surface area contributed by atoms with E-state index >= 15 is 0 Å². The molecule has 1 saturated carbocycles. The van der Waals surface area contributed by atoms with Gasteiger partial charge in [-0.1, -0.05) is 11.6 Å². The minimum absolute atomic E-state index is 0.261. The van der Waals surface area contributed by atoms with E-state index in [0.717, 1.165) is 25.9 Å². The molecular formula is C21H27ClFN5O2. The second-order valence-corrected chi connectivity index (χ2v) is 8.26. The number of nitrogens with one attached hydrogen (secondary N) is 4. The summed E-state index contributed by atoms with van der Waals surface area (Å²) in [6.45, 7) is 4.04. The van der Waals surface area contributed by atoms with Crippen LogP contribution in [-0.2, 0) is 9.53 Å². The molecule has 3 aliphatic rings. The molecule has 1 unspecified atom stereocenters. The van der Waals surface area contributed by atoms with Crippen LogP contribution in [0.4, 0.5) is 10.1 Å². The zero-order valence-electron chi connectivity index (χ0n) is 16.9. The number of benzene rings is 1. The van der Waals surface area contributed by atoms with Gasteiger partial charge in [-0.3, -0.25) is 15.1 Å². The van der Waals surface area contributed by atoms with Crippen molar-refractivity contribution >= 4 is 29.5 Å². The van der Waals surface area contributed by atoms with Gasteiger partial charge >= 0.3 is 5.97 Å². The minimum atomic E-state index is -0.728. The monoisotopic (exact) mass is 435 g/mol. The lowest BCUT2D eigenvalue weighted by atomic mass is 9.95. The van der Waals surface area contributed by atoms with E-state index < -0.39 is 11.2 Å². The SMILES string of the molecule is CCOC(=O)C1(C2=C(Nc3cc(F)ccc3Cl)NC(NC3CCNCC3)N=C2)CC1. The molecule has 2 aliphatic heterocycles. The van der Waals surface area contributed by atoms with Crippen molar-refractivity contribution in [1.82, 2.24) is 16.0 Å². The van der Waals surface area contributed by atoms with E-state index in [-0.39, 0.29) is 12.3 Å². The predicted molar refractivity (Wildman–Crippen MR) is 115 cm³/mol. The Balaban J connectivity index is 1.60. The van der Waals surface area contributed by atoms with Gasteiger partial charge < -0.3 is 20.7 Å². The number of esters is 1. The van der Waals surface area contributed by atoms with Gasteiger partial charge in [0.25, 0.3) is 0 Å². The molecule has 2 heterocycles. The number of carbonyl (C=O) groups excluding carboxylic acids is 1. The molecule has 1 aromatic carbocycles. The van der Waals surface area contributed by atoms with Crippen LogP contribution in [-0.4, -0.2) is 44.2 Å². The topological polar surface area (TPSA) is 86.8 Å². The third kappa shape index (κ3) is 4.45. The quantitative estimate of drug-likeness (QED) is 0.493. The first-order valence-corrected chi connectivity index (χ1v) is 10.8. The Bertz CT molecular complexity index is 865. The van der Waals surface area contributed by atoms with Crippen molar-refractivity contribution in [2.45, 2.75) is 44.9 Å². The number of hydrogen-bond donors (Lipinski definition) is 4. The third-order valence-electron chi connectivity index (χ3n) is 5.76. The maximum Gasteiger partial charge on any atom is 0.316 e. The van der Waals surface area contributed by atoms with Crippen LogP contribution in [0.5, 0.6) is 0 Å². The second kappa shape index (κ2) is 8.91. The van der Waals surface area contributed by atoms with E-state index in [2.05, 4.69) is 26.3 Å². The van der Waals surface area contributed by atoms with Crippen molar-refractivity contribution in [2.75, 3.05) is 25.0 Å². The first kappa shape index (κ1) is 21.1. The third-order valence-corrected chi connectivity index (χ3v) is 6.09. The van der Waals surface area contributed by atoms with Crippen molar-refractivity contribution in [3.63, 3.8) is 0 Å². The van der Waals surface area contributed by atoms with Gasteiger partial charge in [0.15, 0.2) is 6.29 Å². The molecule has 4 N–H and O–H groups in total. The molecule has 1 aliphatic carbocycles. The Morgan fingerprint density at radius 1 is 1.37 bits per heavy atom. The highest BCUT2D eigenvalue weighted by Gasteiger charge is 2.55. The number of aliphatic imine (C=N–C) groups is 1. The zero-order valence-corrected chi connectivity index (χ0v) is 17.7. The summed E-state index contributed by atoms with van der Waals surface area (Å²) < 4.78 is 19.1. The van der Waals surface area contributed by atoms with Crippen LogP contribution < -0.4 is 21.3 Å². The van der Waals surface area contributed by atoms with Gasteiger partial charge in [-0.15, -0.1) is 0 Å². The lowest BCUT2D eigenvalue weighted by Crippen LogP contribution is -2.52. The van der Waals surface area contributed by atoms with Crippen LogP contribution in [0.1, 0.15) is 32.6 Å². The average Bonchev–Trinajstić information content (AvgIpc) is 3.54. The summed E-state index contributed by atoms with van der Waals surface area (Å²) in [6.07, 6.45) is 4.76. The van der Waals surface area contributed by atoms with E-state index in [4.69, 9.17) is 16.3 Å². The molecule has 0 radical (unpaired) electrons. The molecule has 0 spiro atoms. The number of piperidine rings is 1. The van der Waals surface area contributed by atoms with Gasteiger partial charge in [0, 0.05) is 17.8 Å². The van der Waals surface area contributed by atoms with Crippen LogP contribution in [0, 0.1) is 11.2 Å². The minimum Gasteiger partial charge on any atom is -0.465 e. The molecule has 1 atom stereocenters. The second-order valence-electron chi connectivity index (χ2n) is 7.86. The highest BCUT2D eigenvalue weighted by molar-refractivity contribution is 6.33. The first-order chi connectivity index (χ1) is 14.5. The summed E-state index contributed by atoms with van der Waals surface area (Å²) in [5.74, 6) is -0.0680. The summed E-state index contributed by atoms with van der Waals surface area (Å²) in [5, 5.41) is 13.8. The fraction of sp³-hybridized carbons (Fsp3) is 0.524. The molecule has 2 fully saturated rings. The molecule has 4 rings (SSSR count). The van der Waals surface area contributed by atoms with Crippen molar-refractivity contribution in [3.05, 3.63) is 40.4 Å². The number of hydrogen-bond acceptors (Lipinski definition) is 7. The van der Waals surface area contributed by atoms with Gasteiger partial charge in [-0.05, 0) is 63.9 Å². The van der Waals surface area contributed by atoms with Crippen molar-refractivity contribution in [1.29, 1.82) is 0 Å². The predicted octanol–water partition coefficient (Wildman–Crippen LogP) is 2.75. The maximum atomic E-state index is 13.8. The summed E-state index contributed by atoms with van der Waals surface area (Å²) in [6, 6.07) is 4.47. The molecule has 30 heavy (non-hydrogen) atoms. The van der Waals surface area contributed by atoms with E-state index in [1.54, 1.807) is 13.1 Å². The van der Waals surface area contributed by atoms with Crippen LogP contribution in [0.15, 0.2) is 34.6 Å². The Morgan fingerprint density at radius 2 is 2.13 bits per heavy atom. The lowest BCUT2D eigenvalue weighted by molar-refractivity contribution is -0.147. The van der Waals surface area contributed by atoms with Gasteiger partial charge in [-0.2, -0.15) is 0 Å². The van der Waals surface area contributed by atoms with E-state index in [1.165, 1.54) is 18.2 Å². The Morgan fingerprint density at radius 3 is 2.83 bits per heavy atom. The Hall–Kier alpha value is -2.16. The van der Waals surface area contributed by atoms with E-state index in [0.29, 0.717) is 47.6 Å². The molecule has 0 bridgehead atoms. The number of rotatable bonds is 7. The number of ether oxygens (including phenoxy) is 1. The van der Waals surface area contributed by atoms with Crippen molar-refractivity contribution in [2.24, 2.45) is 10.4 Å². The van der Waals surface area contributed by atoms with E-state index in [1.807, 2.05) is 0 Å². The van der Waals surface area contributed by atoms with Gasteiger partial charge in [0.05, 0.1) is 22.7 Å². The average molecular weight is 436 g/mol. The highest BCUT2D eigenvalue weighted by Crippen LogP contribution is 2.53. The van der Waals surface area contributed by atoms with Crippen LogP contribution in [0.2, 0.25) is 5.02 Å².